The standard InChI is InChI=1S/C14H21ClN2O.C2H6/c1-18-11-14-10-17(8-6-16-14)7-5-12-3-2-4-13(15)9-12;1-2/h2-4,9,14,16H,5-8,10-11H2,1H3;1-2H3. The van der Waals surface area contributed by atoms with Crippen LogP contribution in [-0.2, 0) is 11.2 Å². The van der Waals surface area contributed by atoms with Gasteiger partial charge in [-0.3, -0.25) is 0 Å². The van der Waals surface area contributed by atoms with E-state index in [0.29, 0.717) is 6.04 Å². The van der Waals surface area contributed by atoms with E-state index in [1.165, 1.54) is 5.56 Å². The van der Waals surface area contributed by atoms with Crippen molar-refractivity contribution >= 4 is 11.6 Å². The molecule has 1 heterocycles. The Balaban J connectivity index is 0.000000956. The summed E-state index contributed by atoms with van der Waals surface area (Å²) < 4.78 is 5.20. The van der Waals surface area contributed by atoms with Gasteiger partial charge in [-0.15, -0.1) is 0 Å². The van der Waals surface area contributed by atoms with Gasteiger partial charge in [0.05, 0.1) is 6.61 Å². The Morgan fingerprint density at radius 3 is 2.90 bits per heavy atom. The monoisotopic (exact) mass is 298 g/mol. The number of ether oxygens (including phenoxy) is 1. The fourth-order valence-corrected chi connectivity index (χ4v) is 2.60. The second kappa shape index (κ2) is 10.2. The lowest BCUT2D eigenvalue weighted by molar-refractivity contribution is 0.116. The van der Waals surface area contributed by atoms with Crippen LogP contribution in [0.5, 0.6) is 0 Å². The zero-order valence-electron chi connectivity index (χ0n) is 12.9. The van der Waals surface area contributed by atoms with E-state index in [1.54, 1.807) is 7.11 Å². The number of nitrogens with zero attached hydrogens (tertiary/aromatic N) is 1. The van der Waals surface area contributed by atoms with Crippen molar-refractivity contribution in [3.05, 3.63) is 34.9 Å². The summed E-state index contributed by atoms with van der Waals surface area (Å²) >= 11 is 5.99. The smallest absolute Gasteiger partial charge is 0.0628 e. The molecular weight excluding hydrogens is 272 g/mol. The van der Waals surface area contributed by atoms with E-state index in [-0.39, 0.29) is 0 Å². The summed E-state index contributed by atoms with van der Waals surface area (Å²) in [5, 5.41) is 4.29. The highest BCUT2D eigenvalue weighted by atomic mass is 35.5. The van der Waals surface area contributed by atoms with Gasteiger partial charge in [-0.05, 0) is 24.1 Å². The summed E-state index contributed by atoms with van der Waals surface area (Å²) in [5.74, 6) is 0. The summed E-state index contributed by atoms with van der Waals surface area (Å²) in [6.45, 7) is 9.09. The van der Waals surface area contributed by atoms with Crippen molar-refractivity contribution in [1.82, 2.24) is 10.2 Å². The van der Waals surface area contributed by atoms with Crippen LogP contribution in [0, 0.1) is 0 Å². The number of halogens is 1. The topological polar surface area (TPSA) is 24.5 Å². The van der Waals surface area contributed by atoms with Gasteiger partial charge in [0, 0.05) is 44.4 Å². The molecule has 20 heavy (non-hydrogen) atoms. The van der Waals surface area contributed by atoms with E-state index in [1.807, 2.05) is 26.0 Å². The van der Waals surface area contributed by atoms with Gasteiger partial charge in [-0.2, -0.15) is 0 Å². The average molecular weight is 299 g/mol. The van der Waals surface area contributed by atoms with Crippen molar-refractivity contribution in [2.45, 2.75) is 26.3 Å². The summed E-state index contributed by atoms with van der Waals surface area (Å²) in [7, 11) is 1.76. The van der Waals surface area contributed by atoms with Crippen molar-refractivity contribution in [1.29, 1.82) is 0 Å². The SMILES string of the molecule is CC.COCC1CN(CCc2cccc(Cl)c2)CCN1. The molecule has 0 aromatic heterocycles. The van der Waals surface area contributed by atoms with E-state index < -0.39 is 0 Å². The molecule has 3 nitrogen and oxygen atoms in total. The molecule has 4 heteroatoms. The summed E-state index contributed by atoms with van der Waals surface area (Å²) in [4.78, 5) is 2.49. The van der Waals surface area contributed by atoms with Crippen LogP contribution >= 0.6 is 11.6 Å². The molecule has 0 saturated carbocycles. The van der Waals surface area contributed by atoms with Gasteiger partial charge in [0.15, 0.2) is 0 Å². The molecule has 0 aliphatic carbocycles. The Morgan fingerprint density at radius 2 is 2.20 bits per heavy atom. The third kappa shape index (κ3) is 6.23. The lowest BCUT2D eigenvalue weighted by Crippen LogP contribution is -2.52. The molecule has 2 rings (SSSR count). The van der Waals surface area contributed by atoms with E-state index in [2.05, 4.69) is 22.3 Å². The van der Waals surface area contributed by atoms with Crippen LogP contribution in [0.2, 0.25) is 5.02 Å². The molecule has 1 N–H and O–H groups in total. The third-order valence-corrected chi connectivity index (χ3v) is 3.55. The quantitative estimate of drug-likeness (QED) is 0.905. The van der Waals surface area contributed by atoms with Gasteiger partial charge < -0.3 is 15.0 Å². The van der Waals surface area contributed by atoms with Crippen LogP contribution in [0.15, 0.2) is 24.3 Å². The molecule has 1 atom stereocenters. The summed E-state index contributed by atoms with van der Waals surface area (Å²) in [5.41, 5.74) is 1.31. The number of benzene rings is 1. The maximum Gasteiger partial charge on any atom is 0.0628 e. The highest BCUT2D eigenvalue weighted by molar-refractivity contribution is 6.30. The summed E-state index contributed by atoms with van der Waals surface area (Å²) in [6, 6.07) is 8.59. The minimum absolute atomic E-state index is 0.461. The number of hydrogen-bond acceptors (Lipinski definition) is 3. The van der Waals surface area contributed by atoms with Crippen molar-refractivity contribution in [2.24, 2.45) is 0 Å². The van der Waals surface area contributed by atoms with Gasteiger partial charge >= 0.3 is 0 Å². The normalized spacial score (nSPS) is 19.3. The van der Waals surface area contributed by atoms with E-state index in [9.17, 15) is 0 Å². The Kier molecular flexibility index (Phi) is 8.86. The first-order chi connectivity index (χ1) is 9.78. The molecule has 0 radical (unpaired) electrons. The highest BCUT2D eigenvalue weighted by Gasteiger charge is 2.18. The molecule has 0 bridgehead atoms. The van der Waals surface area contributed by atoms with Crippen LogP contribution in [0.1, 0.15) is 19.4 Å². The fourth-order valence-electron chi connectivity index (χ4n) is 2.39. The molecule has 1 unspecified atom stereocenters. The fraction of sp³-hybridized carbons (Fsp3) is 0.625. The largest absolute Gasteiger partial charge is 0.383 e. The maximum absolute atomic E-state index is 5.99. The zero-order chi connectivity index (χ0) is 14.8. The van der Waals surface area contributed by atoms with Crippen molar-refractivity contribution in [3.63, 3.8) is 0 Å². The Morgan fingerprint density at radius 1 is 1.40 bits per heavy atom. The van der Waals surface area contributed by atoms with Gasteiger partial charge in [0.2, 0.25) is 0 Å². The molecule has 1 aliphatic heterocycles. The predicted molar refractivity (Wildman–Crippen MR) is 86.6 cm³/mol. The van der Waals surface area contributed by atoms with Crippen LogP contribution in [-0.4, -0.2) is 50.8 Å². The van der Waals surface area contributed by atoms with Crippen LogP contribution in [0.4, 0.5) is 0 Å². The molecule has 1 aliphatic rings. The number of hydrogen-bond donors (Lipinski definition) is 1. The highest BCUT2D eigenvalue weighted by Crippen LogP contribution is 2.12. The van der Waals surface area contributed by atoms with Crippen molar-refractivity contribution < 1.29 is 4.74 Å². The maximum atomic E-state index is 5.99. The minimum Gasteiger partial charge on any atom is -0.383 e. The molecule has 0 amide bonds. The number of methoxy groups -OCH3 is 1. The van der Waals surface area contributed by atoms with Crippen LogP contribution in [0.25, 0.3) is 0 Å². The van der Waals surface area contributed by atoms with E-state index in [4.69, 9.17) is 16.3 Å². The van der Waals surface area contributed by atoms with Gasteiger partial charge in [0.25, 0.3) is 0 Å². The Hall–Kier alpha value is -0.610. The van der Waals surface area contributed by atoms with Gasteiger partial charge in [-0.25, -0.2) is 0 Å². The second-order valence-corrected chi connectivity index (χ2v) is 5.22. The summed E-state index contributed by atoms with van der Waals surface area (Å²) in [6.07, 6.45) is 1.06. The molecule has 0 spiro atoms. The second-order valence-electron chi connectivity index (χ2n) is 4.79. The first-order valence-corrected chi connectivity index (χ1v) is 7.85. The van der Waals surface area contributed by atoms with Gasteiger partial charge in [-0.1, -0.05) is 37.6 Å². The lowest BCUT2D eigenvalue weighted by atomic mass is 10.1. The zero-order valence-corrected chi connectivity index (χ0v) is 13.6. The molecular formula is C16H27ClN2O. The van der Waals surface area contributed by atoms with E-state index in [0.717, 1.165) is 44.2 Å². The minimum atomic E-state index is 0.461. The lowest BCUT2D eigenvalue weighted by Gasteiger charge is -2.33. The number of piperazine rings is 1. The van der Waals surface area contributed by atoms with E-state index >= 15 is 0 Å². The molecule has 1 fully saturated rings. The Labute approximate surface area is 128 Å². The van der Waals surface area contributed by atoms with Crippen LogP contribution < -0.4 is 5.32 Å². The van der Waals surface area contributed by atoms with Crippen molar-refractivity contribution in [2.75, 3.05) is 39.9 Å². The number of rotatable bonds is 5. The molecule has 1 aromatic rings. The first kappa shape index (κ1) is 17.4. The van der Waals surface area contributed by atoms with Crippen molar-refractivity contribution in [3.8, 4) is 0 Å². The number of nitrogens with one attached hydrogen (secondary N) is 1. The average Bonchev–Trinajstić information content (AvgIpc) is 2.48. The predicted octanol–water partition coefficient (Wildman–Crippen LogP) is 2.83. The molecule has 114 valence electrons. The van der Waals surface area contributed by atoms with Gasteiger partial charge in [0.1, 0.15) is 0 Å². The molecule has 1 saturated heterocycles. The Bertz CT molecular complexity index is 371. The third-order valence-electron chi connectivity index (χ3n) is 3.31. The molecule has 1 aromatic carbocycles. The first-order valence-electron chi connectivity index (χ1n) is 7.47. The van der Waals surface area contributed by atoms with Crippen LogP contribution in [0.3, 0.4) is 0 Å².